The second-order valence-corrected chi connectivity index (χ2v) is 4.11. The van der Waals surface area contributed by atoms with Gasteiger partial charge in [-0.2, -0.15) is 0 Å². The van der Waals surface area contributed by atoms with Crippen molar-refractivity contribution >= 4 is 18.1 Å². The monoisotopic (exact) mass is 293 g/mol. The summed E-state index contributed by atoms with van der Waals surface area (Å²) in [5.41, 5.74) is 3.99. The van der Waals surface area contributed by atoms with Crippen molar-refractivity contribution in [3.63, 3.8) is 0 Å². The van der Waals surface area contributed by atoms with E-state index in [-0.39, 0.29) is 0 Å². The van der Waals surface area contributed by atoms with Gasteiger partial charge in [0.1, 0.15) is 5.54 Å². The summed E-state index contributed by atoms with van der Waals surface area (Å²) < 4.78 is 12.9. The summed E-state index contributed by atoms with van der Waals surface area (Å²) in [7, 11) is 1.23. The Morgan fingerprint density at radius 1 is 1.30 bits per heavy atom. The second-order valence-electron chi connectivity index (χ2n) is 4.11. The van der Waals surface area contributed by atoms with Gasteiger partial charge < -0.3 is 25.1 Å². The molecule has 0 aromatic rings. The topological polar surface area (TPSA) is 125 Å². The smallest absolute Gasteiger partial charge is 0.468 e. The highest BCUT2D eigenvalue weighted by atomic mass is 16.7. The summed E-state index contributed by atoms with van der Waals surface area (Å²) in [4.78, 5) is 31.2. The van der Waals surface area contributed by atoms with Crippen LogP contribution in [0.25, 0.3) is 0 Å². The van der Waals surface area contributed by atoms with Gasteiger partial charge in [0.15, 0.2) is 0 Å². The molecule has 0 bridgehead atoms. The van der Waals surface area contributed by atoms with Gasteiger partial charge >= 0.3 is 18.1 Å². The molecule has 20 heavy (non-hydrogen) atoms. The number of methoxy groups -OCH3 is 1. The van der Waals surface area contributed by atoms with E-state index < -0.39 is 30.2 Å². The van der Waals surface area contributed by atoms with Gasteiger partial charge in [-0.05, 0) is 13.3 Å². The Morgan fingerprint density at radius 2 is 1.85 bits per heavy atom. The molecule has 0 fully saturated rings. The molecule has 0 aliphatic carbocycles. The summed E-state index contributed by atoms with van der Waals surface area (Å²) in [5.74, 6) is -1.25. The minimum absolute atomic E-state index is 0.308. The molecule has 0 spiro atoms. The number of esters is 2. The highest BCUT2D eigenvalue weighted by Gasteiger charge is 2.27. The van der Waals surface area contributed by atoms with E-state index in [0.717, 1.165) is 19.8 Å². The molecule has 1 unspecified atom stereocenters. The predicted octanol–water partition coefficient (Wildman–Crippen LogP) is 0.355. The highest BCUT2D eigenvalue weighted by molar-refractivity contribution is 5.80. The lowest BCUT2D eigenvalue weighted by atomic mass is 10.1. The molecule has 0 amide bonds. The molecule has 0 radical (unpaired) electrons. The summed E-state index contributed by atoms with van der Waals surface area (Å²) in [6.07, 6.45) is 0.811. The molecular formula is C12H23NO7. The normalized spacial score (nSPS) is 12.3. The molecule has 118 valence electrons. The second kappa shape index (κ2) is 11.2. The zero-order valence-electron chi connectivity index (χ0n) is 12.3. The van der Waals surface area contributed by atoms with Crippen molar-refractivity contribution in [2.75, 3.05) is 20.3 Å². The Morgan fingerprint density at radius 3 is 2.15 bits per heavy atom. The molecule has 0 aliphatic heterocycles. The Balaban J connectivity index is 0. The number of carbonyl (C=O) groups is 3. The quantitative estimate of drug-likeness (QED) is 0.422. The van der Waals surface area contributed by atoms with Crippen LogP contribution in [-0.2, 0) is 23.8 Å². The van der Waals surface area contributed by atoms with Crippen LogP contribution in [0.4, 0.5) is 4.79 Å². The average Bonchev–Trinajstić information content (AvgIpc) is 2.38. The largest absolute Gasteiger partial charge is 0.516 e. The van der Waals surface area contributed by atoms with Gasteiger partial charge in [-0.25, -0.2) is 9.59 Å². The molecule has 0 aliphatic rings. The fraction of sp³-hybridized carbons (Fsp3) is 0.750. The highest BCUT2D eigenvalue weighted by Crippen LogP contribution is 1.98. The van der Waals surface area contributed by atoms with Crippen molar-refractivity contribution in [1.82, 2.24) is 0 Å². The van der Waals surface area contributed by atoms with Crippen LogP contribution >= 0.6 is 0 Å². The van der Waals surface area contributed by atoms with Crippen LogP contribution in [0.5, 0.6) is 0 Å². The van der Waals surface area contributed by atoms with E-state index in [1.54, 1.807) is 0 Å². The number of hydrogen-bond acceptors (Lipinski definition) is 8. The van der Waals surface area contributed by atoms with Gasteiger partial charge in [-0.1, -0.05) is 13.3 Å². The van der Waals surface area contributed by atoms with E-state index in [0.29, 0.717) is 6.61 Å². The van der Waals surface area contributed by atoms with E-state index >= 15 is 0 Å². The first kappa shape index (κ1) is 20.6. The molecule has 0 saturated carbocycles. The minimum atomic E-state index is -1.26. The third-order valence-electron chi connectivity index (χ3n) is 1.93. The fourth-order valence-corrected chi connectivity index (χ4v) is 0.744. The molecule has 8 heteroatoms. The van der Waals surface area contributed by atoms with Gasteiger partial charge in [0.25, 0.3) is 0 Å². The van der Waals surface area contributed by atoms with Crippen molar-refractivity contribution in [3.8, 4) is 0 Å². The number of nitrogens with two attached hydrogens (primary N) is 1. The van der Waals surface area contributed by atoms with Gasteiger partial charge in [-0.15, -0.1) is 0 Å². The molecule has 0 heterocycles. The number of rotatable bonds is 5. The third-order valence-corrected chi connectivity index (χ3v) is 1.93. The Labute approximate surface area is 118 Å². The molecule has 1 atom stereocenters. The first-order valence-electron chi connectivity index (χ1n) is 6.04. The lowest BCUT2D eigenvalue weighted by molar-refractivity contribution is -0.147. The van der Waals surface area contributed by atoms with E-state index in [4.69, 9.17) is 10.8 Å². The predicted molar refractivity (Wildman–Crippen MR) is 69.7 cm³/mol. The number of aliphatic hydroxyl groups excluding tert-OH is 1. The molecule has 3 N–H and O–H groups in total. The summed E-state index contributed by atoms with van der Waals surface area (Å²) in [6, 6.07) is 0. The zero-order chi connectivity index (χ0) is 16.2. The Kier molecular flexibility index (Phi) is 11.5. The number of carbonyl (C=O) groups excluding carboxylic acids is 3. The van der Waals surface area contributed by atoms with Crippen LogP contribution in [0.15, 0.2) is 0 Å². The van der Waals surface area contributed by atoms with Crippen LogP contribution in [0, 0.1) is 0 Å². The number of hydrogen-bond donors (Lipinski definition) is 2. The molecule has 0 saturated heterocycles. The Hall–Kier alpha value is -1.67. The van der Waals surface area contributed by atoms with Crippen LogP contribution in [0.1, 0.15) is 33.6 Å². The van der Waals surface area contributed by atoms with Gasteiger partial charge in [0, 0.05) is 6.92 Å². The van der Waals surface area contributed by atoms with Gasteiger partial charge in [-0.3, -0.25) is 4.79 Å². The molecular weight excluding hydrogens is 270 g/mol. The molecule has 0 rings (SSSR count). The van der Waals surface area contributed by atoms with Gasteiger partial charge in [0.05, 0.1) is 20.3 Å². The van der Waals surface area contributed by atoms with Crippen LogP contribution in [0.3, 0.4) is 0 Å². The number of ether oxygens (including phenoxy) is 3. The van der Waals surface area contributed by atoms with Gasteiger partial charge in [0.2, 0.25) is 0 Å². The summed E-state index contributed by atoms with van der Waals surface area (Å²) >= 11 is 0. The molecule has 8 nitrogen and oxygen atoms in total. The van der Waals surface area contributed by atoms with Crippen LogP contribution in [0.2, 0.25) is 0 Å². The van der Waals surface area contributed by atoms with Crippen molar-refractivity contribution in [3.05, 3.63) is 0 Å². The lowest BCUT2D eigenvalue weighted by Crippen LogP contribution is -2.48. The van der Waals surface area contributed by atoms with Crippen molar-refractivity contribution in [2.45, 2.75) is 39.2 Å². The summed E-state index contributed by atoms with van der Waals surface area (Å²) in [6.45, 7) is 4.43. The van der Waals surface area contributed by atoms with Crippen molar-refractivity contribution in [2.24, 2.45) is 5.73 Å². The first-order chi connectivity index (χ1) is 9.21. The van der Waals surface area contributed by atoms with E-state index in [9.17, 15) is 14.4 Å². The fourth-order valence-electron chi connectivity index (χ4n) is 0.744. The SMILES string of the molecule is CCCCOC(=O)OC(C)=O.COC(=O)C(C)(N)CO. The van der Waals surface area contributed by atoms with Crippen molar-refractivity contribution in [1.29, 1.82) is 0 Å². The minimum Gasteiger partial charge on any atom is -0.468 e. The van der Waals surface area contributed by atoms with Crippen LogP contribution < -0.4 is 5.73 Å². The average molecular weight is 293 g/mol. The van der Waals surface area contributed by atoms with E-state index in [1.165, 1.54) is 14.0 Å². The maximum Gasteiger partial charge on any atom is 0.516 e. The first-order valence-corrected chi connectivity index (χ1v) is 6.04. The maximum absolute atomic E-state index is 10.6. The third kappa shape index (κ3) is 11.4. The number of unbranched alkanes of at least 4 members (excludes halogenated alkanes) is 1. The van der Waals surface area contributed by atoms with Crippen LogP contribution in [-0.4, -0.2) is 49.1 Å². The zero-order valence-corrected chi connectivity index (χ0v) is 12.3. The van der Waals surface area contributed by atoms with E-state index in [1.807, 2.05) is 6.92 Å². The van der Waals surface area contributed by atoms with E-state index in [2.05, 4.69) is 14.2 Å². The lowest BCUT2D eigenvalue weighted by Gasteiger charge is -2.17. The number of aliphatic hydroxyl groups is 1. The maximum atomic E-state index is 10.6. The Bertz CT molecular complexity index is 315. The van der Waals surface area contributed by atoms with Crippen molar-refractivity contribution < 1.29 is 33.7 Å². The molecule has 0 aromatic carbocycles. The standard InChI is InChI=1S/C7H12O4.C5H11NO3/c1-3-4-5-10-7(9)11-6(2)8;1-5(6,3-7)4(8)9-2/h3-5H2,1-2H3;7H,3,6H2,1-2H3. The summed E-state index contributed by atoms with van der Waals surface area (Å²) in [5, 5.41) is 8.47. The molecule has 0 aromatic heterocycles.